The van der Waals surface area contributed by atoms with Crippen LogP contribution in [-0.2, 0) is 16.2 Å². The molecule has 1 amide bonds. The maximum Gasteiger partial charge on any atom is 0.278 e. The fraction of sp³-hybridized carbons (Fsp3) is 0.200. The molecule has 1 aromatic carbocycles. The third-order valence-electron chi connectivity index (χ3n) is 3.42. The van der Waals surface area contributed by atoms with Gasteiger partial charge in [0.05, 0.1) is 16.2 Å². The second-order valence-electron chi connectivity index (χ2n) is 4.96. The second-order valence-corrected chi connectivity index (χ2v) is 5.74. The molecule has 2 aromatic rings. The number of nitro groups is 1. The molecular weight excluding hydrogens is 318 g/mol. The van der Waals surface area contributed by atoms with Gasteiger partial charge in [-0.3, -0.25) is 14.9 Å². The number of para-hydroxylation sites is 1. The molecule has 0 radical (unpaired) electrons. The van der Waals surface area contributed by atoms with Gasteiger partial charge in [-0.05, 0) is 28.5 Å². The molecule has 7 nitrogen and oxygen atoms in total. The zero-order valence-corrected chi connectivity index (χ0v) is 12.8. The van der Waals surface area contributed by atoms with E-state index < -0.39 is 11.0 Å². The molecule has 0 saturated carbocycles. The quantitative estimate of drug-likeness (QED) is 0.672. The van der Waals surface area contributed by atoms with Crippen molar-refractivity contribution in [1.82, 2.24) is 5.32 Å². The summed E-state index contributed by atoms with van der Waals surface area (Å²) in [6.07, 6.45) is -0.552. The van der Waals surface area contributed by atoms with Gasteiger partial charge in [0.15, 0.2) is 0 Å². The highest BCUT2D eigenvalue weighted by Gasteiger charge is 2.31. The molecule has 0 saturated heterocycles. The topological polar surface area (TPSA) is 93.8 Å². The van der Waals surface area contributed by atoms with Gasteiger partial charge >= 0.3 is 0 Å². The van der Waals surface area contributed by atoms with Crippen LogP contribution in [0.15, 0.2) is 46.2 Å². The van der Waals surface area contributed by atoms with Crippen molar-refractivity contribution < 1.29 is 14.6 Å². The predicted octanol–water partition coefficient (Wildman–Crippen LogP) is 2.47. The van der Waals surface area contributed by atoms with Gasteiger partial charge in [0.2, 0.25) is 6.10 Å². The van der Waals surface area contributed by atoms with Crippen molar-refractivity contribution in [2.75, 3.05) is 0 Å². The monoisotopic (exact) mass is 331 g/mol. The van der Waals surface area contributed by atoms with Crippen molar-refractivity contribution in [2.24, 2.45) is 5.16 Å². The molecule has 118 valence electrons. The van der Waals surface area contributed by atoms with Crippen LogP contribution in [0.2, 0.25) is 0 Å². The molecular formula is C15H13N3O4S. The van der Waals surface area contributed by atoms with Gasteiger partial charge in [0.1, 0.15) is 0 Å². The van der Waals surface area contributed by atoms with E-state index in [1.807, 2.05) is 16.8 Å². The summed E-state index contributed by atoms with van der Waals surface area (Å²) in [5.41, 5.74) is 1.76. The van der Waals surface area contributed by atoms with E-state index in [1.54, 1.807) is 29.5 Å². The number of thiophene rings is 1. The minimum absolute atomic E-state index is 0.0471. The largest absolute Gasteiger partial charge is 0.382 e. The molecule has 1 N–H and O–H groups in total. The number of carbonyl (C=O) groups is 1. The summed E-state index contributed by atoms with van der Waals surface area (Å²) >= 11 is 1.56. The normalized spacial score (nSPS) is 16.5. The van der Waals surface area contributed by atoms with Crippen LogP contribution in [0.25, 0.3) is 0 Å². The number of carbonyl (C=O) groups excluding carboxylic acids is 1. The fourth-order valence-corrected chi connectivity index (χ4v) is 2.92. The molecule has 0 spiro atoms. The Morgan fingerprint density at radius 3 is 3.00 bits per heavy atom. The summed E-state index contributed by atoms with van der Waals surface area (Å²) in [4.78, 5) is 27.8. The van der Waals surface area contributed by atoms with Crippen molar-refractivity contribution in [3.05, 3.63) is 62.3 Å². The van der Waals surface area contributed by atoms with Gasteiger partial charge in [-0.15, -0.1) is 0 Å². The minimum atomic E-state index is -0.761. The predicted molar refractivity (Wildman–Crippen MR) is 85.3 cm³/mol. The number of benzene rings is 1. The first-order valence-corrected chi connectivity index (χ1v) is 7.84. The Kier molecular flexibility index (Phi) is 4.33. The summed E-state index contributed by atoms with van der Waals surface area (Å²) in [7, 11) is 0. The van der Waals surface area contributed by atoms with Crippen molar-refractivity contribution in [2.45, 2.75) is 19.1 Å². The van der Waals surface area contributed by atoms with Crippen LogP contribution in [0.3, 0.4) is 0 Å². The molecule has 3 rings (SSSR count). The average Bonchev–Trinajstić information content (AvgIpc) is 3.24. The zero-order valence-electron chi connectivity index (χ0n) is 12.0. The van der Waals surface area contributed by atoms with Crippen LogP contribution in [0.5, 0.6) is 0 Å². The number of hydrogen-bond donors (Lipinski definition) is 1. The molecule has 1 aliphatic rings. The van der Waals surface area contributed by atoms with Gasteiger partial charge in [0.25, 0.3) is 11.6 Å². The highest BCUT2D eigenvalue weighted by atomic mass is 32.1. The van der Waals surface area contributed by atoms with Gasteiger partial charge in [-0.1, -0.05) is 17.3 Å². The lowest BCUT2D eigenvalue weighted by Gasteiger charge is -2.08. The first-order chi connectivity index (χ1) is 11.1. The van der Waals surface area contributed by atoms with E-state index in [0.29, 0.717) is 17.8 Å². The number of nitro benzene ring substituents is 1. The molecule has 1 atom stereocenters. The van der Waals surface area contributed by atoms with E-state index in [0.717, 1.165) is 5.56 Å². The number of oxime groups is 1. The van der Waals surface area contributed by atoms with Crippen LogP contribution in [0.1, 0.15) is 17.5 Å². The van der Waals surface area contributed by atoms with E-state index in [9.17, 15) is 14.9 Å². The SMILES string of the molecule is O=C(NCc1ccsc1)[C@@H]1CC(c2ccccc2[N+](=O)[O-])=NO1. The molecule has 0 unspecified atom stereocenters. The van der Waals surface area contributed by atoms with Crippen molar-refractivity contribution in [3.8, 4) is 0 Å². The van der Waals surface area contributed by atoms with Crippen LogP contribution in [-0.4, -0.2) is 22.6 Å². The van der Waals surface area contributed by atoms with Crippen molar-refractivity contribution in [3.63, 3.8) is 0 Å². The van der Waals surface area contributed by atoms with Crippen molar-refractivity contribution in [1.29, 1.82) is 0 Å². The molecule has 0 bridgehead atoms. The van der Waals surface area contributed by atoms with E-state index in [1.165, 1.54) is 6.07 Å². The highest BCUT2D eigenvalue weighted by molar-refractivity contribution is 7.07. The van der Waals surface area contributed by atoms with Gasteiger partial charge < -0.3 is 10.2 Å². The molecule has 1 aliphatic heterocycles. The van der Waals surface area contributed by atoms with Crippen LogP contribution < -0.4 is 5.32 Å². The smallest absolute Gasteiger partial charge is 0.278 e. The summed E-state index contributed by atoms with van der Waals surface area (Å²) < 4.78 is 0. The lowest BCUT2D eigenvalue weighted by Crippen LogP contribution is -2.34. The fourth-order valence-electron chi connectivity index (χ4n) is 2.25. The standard InChI is InChI=1S/C15H13N3O4S/c19-15(16-8-10-5-6-23-9-10)14-7-12(17-22-14)11-3-1-2-4-13(11)18(20)21/h1-6,9,14H,7-8H2,(H,16,19)/t14-/m0/s1. The lowest BCUT2D eigenvalue weighted by atomic mass is 10.0. The van der Waals surface area contributed by atoms with Gasteiger partial charge in [-0.25, -0.2) is 0 Å². The minimum Gasteiger partial charge on any atom is -0.382 e. The number of amides is 1. The molecule has 23 heavy (non-hydrogen) atoms. The maximum absolute atomic E-state index is 12.1. The Morgan fingerprint density at radius 2 is 2.26 bits per heavy atom. The molecule has 2 heterocycles. The van der Waals surface area contributed by atoms with E-state index in [4.69, 9.17) is 4.84 Å². The van der Waals surface area contributed by atoms with E-state index in [2.05, 4.69) is 10.5 Å². The number of rotatable bonds is 5. The number of nitrogens with one attached hydrogen (secondary N) is 1. The van der Waals surface area contributed by atoms with Crippen LogP contribution in [0.4, 0.5) is 5.69 Å². The summed E-state index contributed by atoms with van der Waals surface area (Å²) in [6.45, 7) is 0.420. The number of nitrogens with zero attached hydrogens (tertiary/aromatic N) is 2. The Labute approximate surface area is 135 Å². The summed E-state index contributed by atoms with van der Waals surface area (Å²) in [6, 6.07) is 8.21. The first kappa shape index (κ1) is 15.2. The lowest BCUT2D eigenvalue weighted by molar-refractivity contribution is -0.385. The second kappa shape index (κ2) is 6.57. The summed E-state index contributed by atoms with van der Waals surface area (Å²) in [5.74, 6) is -0.284. The molecule has 1 aromatic heterocycles. The molecule has 0 fully saturated rings. The Bertz CT molecular complexity index is 758. The van der Waals surface area contributed by atoms with Gasteiger partial charge in [0, 0.05) is 19.0 Å². The Hall–Kier alpha value is -2.74. The number of hydrogen-bond acceptors (Lipinski definition) is 6. The van der Waals surface area contributed by atoms with E-state index in [-0.39, 0.29) is 18.0 Å². The Morgan fingerprint density at radius 1 is 1.43 bits per heavy atom. The zero-order chi connectivity index (χ0) is 16.2. The highest BCUT2D eigenvalue weighted by Crippen LogP contribution is 2.24. The van der Waals surface area contributed by atoms with Crippen LogP contribution >= 0.6 is 11.3 Å². The third-order valence-corrected chi connectivity index (χ3v) is 4.15. The van der Waals surface area contributed by atoms with Crippen molar-refractivity contribution >= 4 is 28.6 Å². The third kappa shape index (κ3) is 3.37. The van der Waals surface area contributed by atoms with Crippen LogP contribution in [0, 0.1) is 10.1 Å². The summed E-state index contributed by atoms with van der Waals surface area (Å²) in [5, 5.41) is 21.6. The Balaban J connectivity index is 1.64. The molecule has 0 aliphatic carbocycles. The van der Waals surface area contributed by atoms with Gasteiger partial charge in [-0.2, -0.15) is 11.3 Å². The molecule has 8 heteroatoms. The first-order valence-electron chi connectivity index (χ1n) is 6.90. The maximum atomic E-state index is 12.1. The average molecular weight is 331 g/mol. The van der Waals surface area contributed by atoms with E-state index >= 15 is 0 Å².